The fourth-order valence-corrected chi connectivity index (χ4v) is 3.47. The van der Waals surface area contributed by atoms with Crippen molar-refractivity contribution in [3.8, 4) is 0 Å². The van der Waals surface area contributed by atoms with E-state index >= 15 is 0 Å². The Morgan fingerprint density at radius 2 is 1.67 bits per heavy atom. The highest BCUT2D eigenvalue weighted by Crippen LogP contribution is 2.37. The van der Waals surface area contributed by atoms with Gasteiger partial charge in [0.25, 0.3) is 0 Å². The number of halogens is 2. The number of nitrogens with one attached hydrogen (secondary N) is 1. The molecule has 1 aliphatic carbocycles. The van der Waals surface area contributed by atoms with Crippen molar-refractivity contribution >= 4 is 11.6 Å². The number of benzene rings is 2. The summed E-state index contributed by atoms with van der Waals surface area (Å²) >= 11 is 0. The minimum atomic E-state index is -0.316. The summed E-state index contributed by atoms with van der Waals surface area (Å²) in [7, 11) is 0. The van der Waals surface area contributed by atoms with Crippen molar-refractivity contribution in [1.82, 2.24) is 0 Å². The molecule has 0 bridgehead atoms. The first-order valence-corrected chi connectivity index (χ1v) is 8.41. The first kappa shape index (κ1) is 16.6. The summed E-state index contributed by atoms with van der Waals surface area (Å²) in [5.41, 5.74) is 1.68. The Bertz CT molecular complexity index is 691. The third-order valence-electron chi connectivity index (χ3n) is 4.77. The van der Waals surface area contributed by atoms with Crippen molar-refractivity contribution in [2.75, 3.05) is 5.32 Å². The highest BCUT2D eigenvalue weighted by Gasteiger charge is 2.24. The molecule has 0 saturated heterocycles. The van der Waals surface area contributed by atoms with Crippen LogP contribution in [0, 0.1) is 17.6 Å². The highest BCUT2D eigenvalue weighted by molar-refractivity contribution is 5.90. The van der Waals surface area contributed by atoms with Crippen molar-refractivity contribution < 1.29 is 13.6 Å². The molecule has 0 aromatic heterocycles. The van der Waals surface area contributed by atoms with Gasteiger partial charge in [-0.3, -0.25) is 4.79 Å². The lowest BCUT2D eigenvalue weighted by molar-refractivity contribution is -0.117. The van der Waals surface area contributed by atoms with Crippen LogP contribution >= 0.6 is 0 Å². The molecule has 0 spiro atoms. The molecule has 1 N–H and O–H groups in total. The van der Waals surface area contributed by atoms with Gasteiger partial charge in [-0.1, -0.05) is 12.1 Å². The van der Waals surface area contributed by atoms with Crippen molar-refractivity contribution in [2.45, 2.75) is 38.0 Å². The Morgan fingerprint density at radius 3 is 2.33 bits per heavy atom. The van der Waals surface area contributed by atoms with Crippen molar-refractivity contribution in [1.29, 1.82) is 0 Å². The molecule has 126 valence electrons. The molecule has 2 aromatic carbocycles. The average Bonchev–Trinajstić information content (AvgIpc) is 2.58. The van der Waals surface area contributed by atoms with Crippen LogP contribution in [0.2, 0.25) is 0 Å². The quantitative estimate of drug-likeness (QED) is 0.813. The minimum Gasteiger partial charge on any atom is -0.326 e. The number of hydrogen-bond acceptors (Lipinski definition) is 1. The van der Waals surface area contributed by atoms with Gasteiger partial charge < -0.3 is 5.32 Å². The van der Waals surface area contributed by atoms with E-state index in [4.69, 9.17) is 0 Å². The zero-order valence-corrected chi connectivity index (χ0v) is 13.5. The van der Waals surface area contributed by atoms with E-state index in [2.05, 4.69) is 5.32 Å². The van der Waals surface area contributed by atoms with Crippen LogP contribution in [0.4, 0.5) is 14.5 Å². The second kappa shape index (κ2) is 7.56. The van der Waals surface area contributed by atoms with E-state index in [1.54, 1.807) is 24.3 Å². The van der Waals surface area contributed by atoms with E-state index < -0.39 is 0 Å². The van der Waals surface area contributed by atoms with E-state index in [1.165, 1.54) is 18.2 Å². The SMILES string of the molecule is O=C(C[C@H]1CC[C@H](c2cccc(F)c2)CC1)Nc1ccc(F)cc1. The fourth-order valence-electron chi connectivity index (χ4n) is 3.47. The number of carbonyl (C=O) groups excluding carboxylic acids is 1. The molecule has 1 saturated carbocycles. The second-order valence-electron chi connectivity index (χ2n) is 6.53. The largest absolute Gasteiger partial charge is 0.326 e. The molecule has 4 heteroatoms. The maximum Gasteiger partial charge on any atom is 0.224 e. The molecule has 0 heterocycles. The summed E-state index contributed by atoms with van der Waals surface area (Å²) < 4.78 is 26.2. The van der Waals surface area contributed by atoms with Crippen molar-refractivity contribution in [2.24, 2.45) is 5.92 Å². The molecular weight excluding hydrogens is 308 g/mol. The lowest BCUT2D eigenvalue weighted by atomic mass is 9.77. The summed E-state index contributed by atoms with van der Waals surface area (Å²) in [6.45, 7) is 0. The molecule has 2 nitrogen and oxygen atoms in total. The van der Waals surface area contributed by atoms with Crippen LogP contribution in [0.5, 0.6) is 0 Å². The molecule has 0 unspecified atom stereocenters. The van der Waals surface area contributed by atoms with E-state index in [-0.39, 0.29) is 17.5 Å². The normalized spacial score (nSPS) is 20.6. The van der Waals surface area contributed by atoms with Gasteiger partial charge in [0.2, 0.25) is 5.91 Å². The Labute approximate surface area is 140 Å². The van der Waals surface area contributed by atoms with E-state index in [9.17, 15) is 13.6 Å². The third kappa shape index (κ3) is 4.40. The Balaban J connectivity index is 1.48. The van der Waals surface area contributed by atoms with Crippen LogP contribution in [-0.4, -0.2) is 5.91 Å². The monoisotopic (exact) mass is 329 g/mol. The number of carbonyl (C=O) groups is 1. The van der Waals surface area contributed by atoms with Gasteiger partial charge in [0, 0.05) is 12.1 Å². The maximum absolute atomic E-state index is 13.3. The second-order valence-corrected chi connectivity index (χ2v) is 6.53. The van der Waals surface area contributed by atoms with Crippen LogP contribution in [0.25, 0.3) is 0 Å². The van der Waals surface area contributed by atoms with Gasteiger partial charge in [0.05, 0.1) is 0 Å². The van der Waals surface area contributed by atoms with E-state index in [0.29, 0.717) is 23.9 Å². The molecule has 3 rings (SSSR count). The van der Waals surface area contributed by atoms with Gasteiger partial charge >= 0.3 is 0 Å². The standard InChI is InChI=1S/C20H21F2NO/c21-17-8-10-19(11-9-17)23-20(24)12-14-4-6-15(7-5-14)16-2-1-3-18(22)13-16/h1-3,8-11,13-15H,4-7,12H2,(H,23,24)/t14-,15-. The molecule has 1 aliphatic rings. The zero-order valence-electron chi connectivity index (χ0n) is 13.5. The van der Waals surface area contributed by atoms with Crippen molar-refractivity contribution in [3.63, 3.8) is 0 Å². The Kier molecular flexibility index (Phi) is 5.24. The molecule has 1 amide bonds. The van der Waals surface area contributed by atoms with Gasteiger partial charge in [0.15, 0.2) is 0 Å². The predicted octanol–water partition coefficient (Wildman–Crippen LogP) is 5.27. The Morgan fingerprint density at radius 1 is 0.958 bits per heavy atom. The zero-order chi connectivity index (χ0) is 16.9. The molecule has 0 aliphatic heterocycles. The molecule has 24 heavy (non-hydrogen) atoms. The number of hydrogen-bond donors (Lipinski definition) is 1. The maximum atomic E-state index is 13.3. The highest BCUT2D eigenvalue weighted by atomic mass is 19.1. The third-order valence-corrected chi connectivity index (χ3v) is 4.77. The predicted molar refractivity (Wildman–Crippen MR) is 90.7 cm³/mol. The number of amides is 1. The van der Waals surface area contributed by atoms with Crippen LogP contribution < -0.4 is 5.32 Å². The van der Waals surface area contributed by atoms with Crippen LogP contribution in [0.1, 0.15) is 43.6 Å². The van der Waals surface area contributed by atoms with E-state index in [1.807, 2.05) is 6.07 Å². The average molecular weight is 329 g/mol. The molecule has 0 radical (unpaired) electrons. The first-order chi connectivity index (χ1) is 11.6. The van der Waals surface area contributed by atoms with Gasteiger partial charge in [0.1, 0.15) is 11.6 Å². The summed E-state index contributed by atoms with van der Waals surface area (Å²) in [5.74, 6) is 0.208. The van der Waals surface area contributed by atoms with Gasteiger partial charge in [-0.25, -0.2) is 8.78 Å². The number of anilines is 1. The van der Waals surface area contributed by atoms with Gasteiger partial charge in [-0.15, -0.1) is 0 Å². The molecule has 2 aromatic rings. The summed E-state index contributed by atoms with van der Waals surface area (Å²) in [6.07, 6.45) is 4.39. The lowest BCUT2D eigenvalue weighted by Gasteiger charge is -2.28. The number of rotatable bonds is 4. The van der Waals surface area contributed by atoms with Crippen LogP contribution in [-0.2, 0) is 4.79 Å². The summed E-state index contributed by atoms with van der Waals surface area (Å²) in [4.78, 5) is 12.1. The molecular formula is C20H21F2NO. The first-order valence-electron chi connectivity index (χ1n) is 8.41. The lowest BCUT2D eigenvalue weighted by Crippen LogP contribution is -2.20. The van der Waals surface area contributed by atoms with Gasteiger partial charge in [-0.2, -0.15) is 0 Å². The van der Waals surface area contributed by atoms with Crippen LogP contribution in [0.15, 0.2) is 48.5 Å². The topological polar surface area (TPSA) is 29.1 Å². The summed E-state index contributed by atoms with van der Waals surface area (Å²) in [5, 5.41) is 2.81. The van der Waals surface area contributed by atoms with Crippen molar-refractivity contribution in [3.05, 3.63) is 65.7 Å². The molecule has 1 fully saturated rings. The Hall–Kier alpha value is -2.23. The summed E-state index contributed by atoms with van der Waals surface area (Å²) in [6, 6.07) is 12.6. The molecule has 0 atom stereocenters. The minimum absolute atomic E-state index is 0.0317. The van der Waals surface area contributed by atoms with E-state index in [0.717, 1.165) is 31.2 Å². The fraction of sp³-hybridized carbons (Fsp3) is 0.350. The smallest absolute Gasteiger partial charge is 0.224 e. The van der Waals surface area contributed by atoms with Crippen LogP contribution in [0.3, 0.4) is 0 Å². The van der Waals surface area contributed by atoms with Gasteiger partial charge in [-0.05, 0) is 79.5 Å².